The van der Waals surface area contributed by atoms with Gasteiger partial charge in [-0.05, 0) is 43.9 Å². The van der Waals surface area contributed by atoms with Crippen LogP contribution in [0.5, 0.6) is 0 Å². The van der Waals surface area contributed by atoms with Gasteiger partial charge in [-0.25, -0.2) is 0 Å². The highest BCUT2D eigenvalue weighted by molar-refractivity contribution is 5.76. The van der Waals surface area contributed by atoms with Crippen molar-refractivity contribution in [3.05, 3.63) is 0 Å². The first kappa shape index (κ1) is 16.8. The first-order chi connectivity index (χ1) is 9.73. The Bertz CT molecular complexity index is 365. The van der Waals surface area contributed by atoms with Gasteiger partial charge in [-0.1, -0.05) is 20.8 Å². The summed E-state index contributed by atoms with van der Waals surface area (Å²) in [5.74, 6) is 0.913. The Labute approximate surface area is 129 Å². The van der Waals surface area contributed by atoms with E-state index >= 15 is 0 Å². The van der Waals surface area contributed by atoms with E-state index in [2.05, 4.69) is 33.0 Å². The smallest absolute Gasteiger partial charge is 0.223 e. The molecule has 0 radical (unpaired) electrons. The minimum Gasteiger partial charge on any atom is -0.394 e. The zero-order valence-corrected chi connectivity index (χ0v) is 14.1. The van der Waals surface area contributed by atoms with Gasteiger partial charge in [0, 0.05) is 31.1 Å². The molecule has 2 fully saturated rings. The number of nitrogens with one attached hydrogen (secondary N) is 1. The van der Waals surface area contributed by atoms with Crippen LogP contribution in [0.15, 0.2) is 0 Å². The van der Waals surface area contributed by atoms with Crippen LogP contribution >= 0.6 is 0 Å². The molecular weight excluding hydrogens is 264 g/mol. The zero-order valence-electron chi connectivity index (χ0n) is 14.1. The standard InChI is InChI=1S/C17H32N2O2/c1-16(2,3)11-15(21)19-9-7-14(8-10-19)18-17(4,12-20)13-5-6-13/h13-14,18,20H,5-12H2,1-4H3. The lowest BCUT2D eigenvalue weighted by Crippen LogP contribution is -2.56. The average Bonchev–Trinajstić information content (AvgIpc) is 3.22. The molecule has 2 N–H and O–H groups in total. The van der Waals surface area contributed by atoms with Crippen LogP contribution in [-0.4, -0.2) is 47.2 Å². The van der Waals surface area contributed by atoms with Gasteiger partial charge >= 0.3 is 0 Å². The van der Waals surface area contributed by atoms with Crippen LogP contribution in [-0.2, 0) is 4.79 Å². The normalized spacial score (nSPS) is 24.0. The average molecular weight is 296 g/mol. The first-order valence-corrected chi connectivity index (χ1v) is 8.40. The lowest BCUT2D eigenvalue weighted by atomic mass is 9.90. The van der Waals surface area contributed by atoms with E-state index in [1.165, 1.54) is 12.8 Å². The van der Waals surface area contributed by atoms with Crippen molar-refractivity contribution in [1.82, 2.24) is 10.2 Å². The summed E-state index contributed by atoms with van der Waals surface area (Å²) < 4.78 is 0. The number of aliphatic hydroxyl groups is 1. The monoisotopic (exact) mass is 296 g/mol. The van der Waals surface area contributed by atoms with Crippen LogP contribution in [0.3, 0.4) is 0 Å². The lowest BCUT2D eigenvalue weighted by molar-refractivity contribution is -0.134. The molecule has 0 aromatic carbocycles. The molecule has 1 atom stereocenters. The van der Waals surface area contributed by atoms with Crippen LogP contribution < -0.4 is 5.32 Å². The van der Waals surface area contributed by atoms with E-state index in [1.807, 2.05) is 4.90 Å². The van der Waals surface area contributed by atoms with Gasteiger partial charge in [0.15, 0.2) is 0 Å². The molecule has 2 aliphatic rings. The minimum atomic E-state index is -0.123. The summed E-state index contributed by atoms with van der Waals surface area (Å²) in [5.41, 5.74) is -0.0597. The van der Waals surface area contributed by atoms with Crippen molar-refractivity contribution < 1.29 is 9.90 Å². The fourth-order valence-corrected chi connectivity index (χ4v) is 3.32. The quantitative estimate of drug-likeness (QED) is 0.817. The second-order valence-corrected chi connectivity index (χ2v) is 8.39. The molecule has 1 saturated heterocycles. The van der Waals surface area contributed by atoms with Gasteiger partial charge in [0.1, 0.15) is 0 Å². The summed E-state index contributed by atoms with van der Waals surface area (Å²) in [6.07, 6.45) is 5.08. The molecule has 1 heterocycles. The van der Waals surface area contributed by atoms with Gasteiger partial charge in [0.25, 0.3) is 0 Å². The van der Waals surface area contributed by atoms with Crippen molar-refractivity contribution in [2.75, 3.05) is 19.7 Å². The Kier molecular flexibility index (Phi) is 4.99. The largest absolute Gasteiger partial charge is 0.394 e. The van der Waals surface area contributed by atoms with Crippen molar-refractivity contribution in [1.29, 1.82) is 0 Å². The minimum absolute atomic E-state index is 0.0631. The second kappa shape index (κ2) is 6.25. The van der Waals surface area contributed by atoms with E-state index in [0.29, 0.717) is 18.4 Å². The third-order valence-corrected chi connectivity index (χ3v) is 4.87. The molecule has 4 heteroatoms. The van der Waals surface area contributed by atoms with E-state index in [1.54, 1.807) is 0 Å². The van der Waals surface area contributed by atoms with E-state index in [4.69, 9.17) is 0 Å². The van der Waals surface area contributed by atoms with Gasteiger partial charge in [-0.3, -0.25) is 4.79 Å². The highest BCUT2D eigenvalue weighted by Crippen LogP contribution is 2.40. The number of nitrogens with zero attached hydrogens (tertiary/aromatic N) is 1. The molecule has 1 aliphatic heterocycles. The highest BCUT2D eigenvalue weighted by atomic mass is 16.3. The molecule has 1 amide bonds. The number of carbonyl (C=O) groups excluding carboxylic acids is 1. The first-order valence-electron chi connectivity index (χ1n) is 8.40. The maximum atomic E-state index is 12.2. The molecular formula is C17H32N2O2. The zero-order chi connectivity index (χ0) is 15.7. The maximum Gasteiger partial charge on any atom is 0.223 e. The number of carbonyl (C=O) groups is 1. The predicted octanol–water partition coefficient (Wildman–Crippen LogP) is 2.16. The molecule has 122 valence electrons. The Balaban J connectivity index is 1.79. The van der Waals surface area contributed by atoms with Crippen LogP contribution in [0, 0.1) is 11.3 Å². The third-order valence-electron chi connectivity index (χ3n) is 4.87. The molecule has 1 saturated carbocycles. The Morgan fingerprint density at radius 1 is 1.14 bits per heavy atom. The number of rotatable bonds is 5. The van der Waals surface area contributed by atoms with E-state index in [9.17, 15) is 9.90 Å². The molecule has 21 heavy (non-hydrogen) atoms. The summed E-state index contributed by atoms with van der Waals surface area (Å²) in [6, 6.07) is 0.432. The van der Waals surface area contributed by atoms with Gasteiger partial charge < -0.3 is 15.3 Å². The van der Waals surface area contributed by atoms with E-state index in [-0.39, 0.29) is 23.5 Å². The number of hydrogen-bond donors (Lipinski definition) is 2. The SMILES string of the molecule is CC(C)(C)CC(=O)N1CCC(NC(C)(CO)C2CC2)CC1. The maximum absolute atomic E-state index is 12.2. The predicted molar refractivity (Wildman–Crippen MR) is 85.0 cm³/mol. The molecule has 0 aromatic heterocycles. The van der Waals surface area contributed by atoms with Crippen LogP contribution in [0.1, 0.15) is 59.8 Å². The van der Waals surface area contributed by atoms with Crippen LogP contribution in [0.2, 0.25) is 0 Å². The van der Waals surface area contributed by atoms with Crippen molar-refractivity contribution in [2.45, 2.75) is 71.4 Å². The summed E-state index contributed by atoms with van der Waals surface area (Å²) in [5, 5.41) is 13.3. The molecule has 0 spiro atoms. The highest BCUT2D eigenvalue weighted by Gasteiger charge is 2.42. The number of likely N-dealkylation sites (tertiary alicyclic amines) is 1. The summed E-state index contributed by atoms with van der Waals surface area (Å²) in [7, 11) is 0. The number of aliphatic hydroxyl groups excluding tert-OH is 1. The number of amides is 1. The molecule has 4 nitrogen and oxygen atoms in total. The van der Waals surface area contributed by atoms with Crippen LogP contribution in [0.25, 0.3) is 0 Å². The van der Waals surface area contributed by atoms with Gasteiger partial charge in [0.05, 0.1) is 6.61 Å². The van der Waals surface area contributed by atoms with Gasteiger partial charge in [-0.2, -0.15) is 0 Å². The fraction of sp³-hybridized carbons (Fsp3) is 0.941. The number of piperidine rings is 1. The molecule has 0 aromatic rings. The topological polar surface area (TPSA) is 52.6 Å². The number of hydrogen-bond acceptors (Lipinski definition) is 3. The van der Waals surface area contributed by atoms with Crippen LogP contribution in [0.4, 0.5) is 0 Å². The molecule has 1 aliphatic carbocycles. The second-order valence-electron chi connectivity index (χ2n) is 8.39. The summed E-state index contributed by atoms with van der Waals surface area (Å²) in [6.45, 7) is 10.4. The molecule has 1 unspecified atom stereocenters. The van der Waals surface area contributed by atoms with Crippen molar-refractivity contribution in [3.8, 4) is 0 Å². The fourth-order valence-electron chi connectivity index (χ4n) is 3.32. The molecule has 2 rings (SSSR count). The summed E-state index contributed by atoms with van der Waals surface area (Å²) in [4.78, 5) is 14.3. The third kappa shape index (κ3) is 4.68. The van der Waals surface area contributed by atoms with Crippen molar-refractivity contribution in [3.63, 3.8) is 0 Å². The lowest BCUT2D eigenvalue weighted by Gasteiger charge is -2.39. The van der Waals surface area contributed by atoms with E-state index in [0.717, 1.165) is 25.9 Å². The summed E-state index contributed by atoms with van der Waals surface area (Å²) >= 11 is 0. The molecule has 0 bridgehead atoms. The van der Waals surface area contributed by atoms with Crippen molar-refractivity contribution in [2.24, 2.45) is 11.3 Å². The van der Waals surface area contributed by atoms with E-state index < -0.39 is 0 Å². The Morgan fingerprint density at radius 2 is 1.71 bits per heavy atom. The van der Waals surface area contributed by atoms with Gasteiger partial charge in [0.2, 0.25) is 5.91 Å². The van der Waals surface area contributed by atoms with Crippen molar-refractivity contribution >= 4 is 5.91 Å². The van der Waals surface area contributed by atoms with Gasteiger partial charge in [-0.15, -0.1) is 0 Å². The Morgan fingerprint density at radius 3 is 2.14 bits per heavy atom. The Hall–Kier alpha value is -0.610.